The largest absolute Gasteiger partial charge is 0.374 e. The van der Waals surface area contributed by atoms with Crippen LogP contribution in [0.5, 0.6) is 0 Å². The van der Waals surface area contributed by atoms with Gasteiger partial charge in [-0.3, -0.25) is 0 Å². The van der Waals surface area contributed by atoms with Crippen LogP contribution in [0.2, 0.25) is 0 Å². The molecule has 1 aliphatic rings. The van der Waals surface area contributed by atoms with Crippen LogP contribution in [0.15, 0.2) is 0 Å². The second-order valence-corrected chi connectivity index (χ2v) is 2.30. The molecule has 0 amide bonds. The van der Waals surface area contributed by atoms with Gasteiger partial charge in [-0.25, -0.2) is 0 Å². The van der Waals surface area contributed by atoms with Gasteiger partial charge in [-0.15, -0.1) is 0 Å². The van der Waals surface area contributed by atoms with E-state index in [4.69, 9.17) is 10.00 Å². The molecular weight excluding hydrogens is 118 g/mol. The summed E-state index contributed by atoms with van der Waals surface area (Å²) in [5.41, 5.74) is -1.22. The first-order valence-corrected chi connectivity index (χ1v) is 2.94. The molecule has 0 aliphatic carbocycles. The fourth-order valence-electron chi connectivity index (χ4n) is 0.879. The van der Waals surface area contributed by atoms with Crippen molar-refractivity contribution in [1.29, 1.82) is 5.26 Å². The standard InChI is InChI=1S/C6H9NO2/c1-5-6(8,4-7)2-3-9-5/h5,8H,2-3H2,1H3/t5-,6+/m1/s1. The first-order chi connectivity index (χ1) is 4.19. The Morgan fingerprint density at radius 3 is 2.78 bits per heavy atom. The first-order valence-electron chi connectivity index (χ1n) is 2.94. The van der Waals surface area contributed by atoms with E-state index >= 15 is 0 Å². The summed E-state index contributed by atoms with van der Waals surface area (Å²) in [7, 11) is 0. The van der Waals surface area contributed by atoms with Crippen LogP contribution in [-0.2, 0) is 4.74 Å². The molecule has 1 N–H and O–H groups in total. The van der Waals surface area contributed by atoms with E-state index in [0.29, 0.717) is 13.0 Å². The van der Waals surface area contributed by atoms with Crippen molar-refractivity contribution in [2.24, 2.45) is 0 Å². The number of hydrogen-bond acceptors (Lipinski definition) is 3. The van der Waals surface area contributed by atoms with Gasteiger partial charge in [-0.1, -0.05) is 0 Å². The zero-order valence-electron chi connectivity index (χ0n) is 5.29. The Labute approximate surface area is 53.9 Å². The summed E-state index contributed by atoms with van der Waals surface area (Å²) in [6.45, 7) is 2.20. The molecule has 3 heteroatoms. The Bertz CT molecular complexity index is 152. The summed E-state index contributed by atoms with van der Waals surface area (Å²) < 4.78 is 4.99. The predicted molar refractivity (Wildman–Crippen MR) is 30.6 cm³/mol. The van der Waals surface area contributed by atoms with Crippen molar-refractivity contribution in [3.8, 4) is 6.07 Å². The van der Waals surface area contributed by atoms with E-state index in [1.807, 2.05) is 6.07 Å². The lowest BCUT2D eigenvalue weighted by molar-refractivity contribution is 0.0124. The Hall–Kier alpha value is -0.590. The molecule has 9 heavy (non-hydrogen) atoms. The molecule has 3 nitrogen and oxygen atoms in total. The van der Waals surface area contributed by atoms with Gasteiger partial charge in [0.15, 0.2) is 5.60 Å². The summed E-state index contributed by atoms with van der Waals surface area (Å²) in [5.74, 6) is 0. The minimum Gasteiger partial charge on any atom is -0.374 e. The van der Waals surface area contributed by atoms with Crippen LogP contribution in [0.4, 0.5) is 0 Å². The molecule has 0 aromatic carbocycles. The van der Waals surface area contributed by atoms with Crippen molar-refractivity contribution >= 4 is 0 Å². The smallest absolute Gasteiger partial charge is 0.179 e. The third kappa shape index (κ3) is 0.913. The van der Waals surface area contributed by atoms with Crippen LogP contribution >= 0.6 is 0 Å². The quantitative estimate of drug-likeness (QED) is 0.468. The predicted octanol–water partition coefficient (Wildman–Crippen LogP) is 0.0499. The summed E-state index contributed by atoms with van der Waals surface area (Å²) in [6, 6.07) is 1.82. The molecule has 1 aliphatic heterocycles. The number of nitriles is 1. The van der Waals surface area contributed by atoms with Gasteiger partial charge in [0.1, 0.15) is 6.07 Å². The van der Waals surface area contributed by atoms with Gasteiger partial charge in [-0.2, -0.15) is 5.26 Å². The van der Waals surface area contributed by atoms with Crippen LogP contribution in [0.3, 0.4) is 0 Å². The van der Waals surface area contributed by atoms with Crippen molar-refractivity contribution in [2.75, 3.05) is 6.61 Å². The van der Waals surface area contributed by atoms with Crippen LogP contribution in [0, 0.1) is 11.3 Å². The molecule has 1 heterocycles. The average Bonchev–Trinajstić information content (AvgIpc) is 2.15. The molecular formula is C6H9NO2. The molecule has 0 spiro atoms. The highest BCUT2D eigenvalue weighted by Gasteiger charge is 2.39. The zero-order chi connectivity index (χ0) is 6.91. The molecule has 0 unspecified atom stereocenters. The highest BCUT2D eigenvalue weighted by molar-refractivity contribution is 5.06. The number of ether oxygens (including phenoxy) is 1. The lowest BCUT2D eigenvalue weighted by atomic mass is 9.99. The van der Waals surface area contributed by atoms with Gasteiger partial charge in [0, 0.05) is 6.42 Å². The van der Waals surface area contributed by atoms with Gasteiger partial charge in [0.05, 0.1) is 12.7 Å². The van der Waals surface area contributed by atoms with Crippen LogP contribution in [0.25, 0.3) is 0 Å². The SMILES string of the molecule is C[C@H]1OCC[C@]1(O)C#N. The molecule has 0 aromatic heterocycles. The lowest BCUT2D eigenvalue weighted by Crippen LogP contribution is -2.33. The van der Waals surface area contributed by atoms with E-state index in [1.54, 1.807) is 6.92 Å². The van der Waals surface area contributed by atoms with Gasteiger partial charge >= 0.3 is 0 Å². The zero-order valence-corrected chi connectivity index (χ0v) is 5.29. The summed E-state index contributed by atoms with van der Waals surface area (Å²) >= 11 is 0. The number of aliphatic hydroxyl groups is 1. The van der Waals surface area contributed by atoms with Crippen molar-refractivity contribution in [1.82, 2.24) is 0 Å². The lowest BCUT2D eigenvalue weighted by Gasteiger charge is -2.15. The molecule has 1 saturated heterocycles. The average molecular weight is 127 g/mol. The van der Waals surface area contributed by atoms with E-state index < -0.39 is 5.60 Å². The molecule has 0 saturated carbocycles. The topological polar surface area (TPSA) is 53.2 Å². The van der Waals surface area contributed by atoms with Crippen LogP contribution in [-0.4, -0.2) is 23.4 Å². The van der Waals surface area contributed by atoms with Crippen molar-refractivity contribution in [3.63, 3.8) is 0 Å². The Morgan fingerprint density at radius 1 is 1.89 bits per heavy atom. The first kappa shape index (κ1) is 6.53. The molecule has 1 fully saturated rings. The van der Waals surface area contributed by atoms with E-state index in [-0.39, 0.29) is 6.10 Å². The molecule has 0 aromatic rings. The monoisotopic (exact) mass is 127 g/mol. The molecule has 0 radical (unpaired) electrons. The highest BCUT2D eigenvalue weighted by atomic mass is 16.5. The maximum atomic E-state index is 9.28. The van der Waals surface area contributed by atoms with E-state index in [9.17, 15) is 5.11 Å². The summed E-state index contributed by atoms with van der Waals surface area (Å²) in [4.78, 5) is 0. The maximum Gasteiger partial charge on any atom is 0.179 e. The molecule has 0 bridgehead atoms. The van der Waals surface area contributed by atoms with E-state index in [2.05, 4.69) is 0 Å². The third-order valence-electron chi connectivity index (χ3n) is 1.72. The highest BCUT2D eigenvalue weighted by Crippen LogP contribution is 2.23. The fraction of sp³-hybridized carbons (Fsp3) is 0.833. The normalized spacial score (nSPS) is 42.6. The summed E-state index contributed by atoms with van der Waals surface area (Å²) in [5, 5.41) is 17.7. The van der Waals surface area contributed by atoms with Crippen molar-refractivity contribution in [2.45, 2.75) is 25.0 Å². The Balaban J connectivity index is 2.70. The van der Waals surface area contributed by atoms with Crippen molar-refractivity contribution < 1.29 is 9.84 Å². The van der Waals surface area contributed by atoms with Crippen LogP contribution in [0.1, 0.15) is 13.3 Å². The van der Waals surface area contributed by atoms with Crippen molar-refractivity contribution in [3.05, 3.63) is 0 Å². The second kappa shape index (κ2) is 1.98. The Morgan fingerprint density at radius 2 is 2.56 bits per heavy atom. The second-order valence-electron chi connectivity index (χ2n) is 2.30. The number of rotatable bonds is 0. The molecule has 1 rings (SSSR count). The fourth-order valence-corrected chi connectivity index (χ4v) is 0.879. The third-order valence-corrected chi connectivity index (χ3v) is 1.72. The van der Waals surface area contributed by atoms with Gasteiger partial charge in [0.2, 0.25) is 0 Å². The number of hydrogen-bond donors (Lipinski definition) is 1. The van der Waals surface area contributed by atoms with E-state index in [1.165, 1.54) is 0 Å². The minimum absolute atomic E-state index is 0.331. The van der Waals surface area contributed by atoms with Gasteiger partial charge < -0.3 is 9.84 Å². The summed E-state index contributed by atoms with van der Waals surface area (Å²) in [6.07, 6.45) is 0.104. The van der Waals surface area contributed by atoms with Gasteiger partial charge in [-0.05, 0) is 6.92 Å². The maximum absolute atomic E-state index is 9.28. The number of nitrogens with zero attached hydrogens (tertiary/aromatic N) is 1. The van der Waals surface area contributed by atoms with Gasteiger partial charge in [0.25, 0.3) is 0 Å². The molecule has 2 atom stereocenters. The van der Waals surface area contributed by atoms with E-state index in [0.717, 1.165) is 0 Å². The molecule has 50 valence electrons. The minimum atomic E-state index is -1.22. The Kier molecular flexibility index (Phi) is 1.43. The van der Waals surface area contributed by atoms with Crippen LogP contribution < -0.4 is 0 Å².